The zero-order valence-electron chi connectivity index (χ0n) is 12.1. The van der Waals surface area contributed by atoms with E-state index in [1.807, 2.05) is 12.1 Å². The topological polar surface area (TPSA) is 65.7 Å². The van der Waals surface area contributed by atoms with Gasteiger partial charge in [-0.3, -0.25) is 9.69 Å². The van der Waals surface area contributed by atoms with Crippen LogP contribution in [0.5, 0.6) is 0 Å². The van der Waals surface area contributed by atoms with E-state index in [0.29, 0.717) is 18.7 Å². The molecule has 3 rings (SSSR count). The highest BCUT2D eigenvalue weighted by Gasteiger charge is 2.40. The van der Waals surface area contributed by atoms with Gasteiger partial charge in [0.05, 0.1) is 12.3 Å². The second-order valence-corrected chi connectivity index (χ2v) is 6.92. The van der Waals surface area contributed by atoms with Gasteiger partial charge in [-0.25, -0.2) is 0 Å². The summed E-state index contributed by atoms with van der Waals surface area (Å²) in [7, 11) is 0. The lowest BCUT2D eigenvalue weighted by Crippen LogP contribution is -2.49. The van der Waals surface area contributed by atoms with Crippen LogP contribution in [0, 0.1) is 0 Å². The zero-order valence-corrected chi connectivity index (χ0v) is 12.9. The van der Waals surface area contributed by atoms with Crippen LogP contribution in [0.25, 0.3) is 0 Å². The molecule has 0 spiro atoms. The summed E-state index contributed by atoms with van der Waals surface area (Å²) in [5.41, 5.74) is -1.19. The zero-order chi connectivity index (χ0) is 14.7. The van der Waals surface area contributed by atoms with Crippen molar-refractivity contribution in [2.75, 3.05) is 31.1 Å². The van der Waals surface area contributed by atoms with Crippen molar-refractivity contribution >= 4 is 17.7 Å². The lowest BCUT2D eigenvalue weighted by molar-refractivity contribution is -0.137. The van der Waals surface area contributed by atoms with E-state index in [1.165, 1.54) is 12.8 Å². The fourth-order valence-electron chi connectivity index (χ4n) is 3.03. The molecule has 1 amide bonds. The van der Waals surface area contributed by atoms with Gasteiger partial charge in [0.2, 0.25) is 0 Å². The van der Waals surface area contributed by atoms with Crippen molar-refractivity contribution in [3.63, 3.8) is 0 Å². The minimum atomic E-state index is -1.19. The van der Waals surface area contributed by atoms with Crippen molar-refractivity contribution in [1.82, 2.24) is 10.2 Å². The molecule has 6 heteroatoms. The monoisotopic (exact) mass is 310 g/mol. The van der Waals surface area contributed by atoms with E-state index >= 15 is 0 Å². The molecule has 0 bridgehead atoms. The first-order valence-corrected chi connectivity index (χ1v) is 8.70. The van der Waals surface area contributed by atoms with Crippen LogP contribution >= 0.6 is 11.8 Å². The minimum Gasteiger partial charge on any atom is -0.468 e. The summed E-state index contributed by atoms with van der Waals surface area (Å²) >= 11 is 1.63. The maximum Gasteiger partial charge on any atom is 0.252 e. The van der Waals surface area contributed by atoms with E-state index in [0.717, 1.165) is 24.6 Å². The van der Waals surface area contributed by atoms with Gasteiger partial charge in [-0.2, -0.15) is 11.8 Å². The number of likely N-dealkylation sites (tertiary alicyclic amines) is 1. The third-order valence-electron chi connectivity index (χ3n) is 4.33. The first-order chi connectivity index (χ1) is 10.2. The Hall–Kier alpha value is -0.980. The Bertz CT molecular complexity index is 465. The normalized spacial score (nSPS) is 27.9. The maximum absolute atomic E-state index is 12.2. The van der Waals surface area contributed by atoms with Crippen LogP contribution in [0.15, 0.2) is 22.8 Å². The second-order valence-electron chi connectivity index (χ2n) is 5.82. The Labute approximate surface area is 129 Å². The first-order valence-electron chi connectivity index (χ1n) is 7.55. The number of carbonyl (C=O) groups excluding carboxylic acids is 1. The molecule has 5 nitrogen and oxygen atoms in total. The van der Waals surface area contributed by atoms with E-state index in [2.05, 4.69) is 10.2 Å². The fraction of sp³-hybridized carbons (Fsp3) is 0.667. The summed E-state index contributed by atoms with van der Waals surface area (Å²) in [6.45, 7) is 2.54. The van der Waals surface area contributed by atoms with Crippen LogP contribution in [-0.4, -0.2) is 52.7 Å². The summed E-state index contributed by atoms with van der Waals surface area (Å²) < 4.78 is 5.53. The fourth-order valence-corrected chi connectivity index (χ4v) is 4.27. The highest BCUT2D eigenvalue weighted by atomic mass is 32.2. The Morgan fingerprint density at radius 3 is 2.95 bits per heavy atom. The van der Waals surface area contributed by atoms with Crippen molar-refractivity contribution in [2.45, 2.75) is 30.9 Å². The van der Waals surface area contributed by atoms with Crippen LogP contribution < -0.4 is 5.32 Å². The molecule has 2 unspecified atom stereocenters. The number of nitrogens with one attached hydrogen (secondary N) is 1. The van der Waals surface area contributed by atoms with Gasteiger partial charge in [0, 0.05) is 12.3 Å². The van der Waals surface area contributed by atoms with Crippen LogP contribution in [0.3, 0.4) is 0 Å². The van der Waals surface area contributed by atoms with Gasteiger partial charge < -0.3 is 14.8 Å². The molecular formula is C15H22N2O3S. The number of rotatable bonds is 5. The number of furan rings is 1. The summed E-state index contributed by atoms with van der Waals surface area (Å²) in [5.74, 6) is 1.97. The average Bonchev–Trinajstić information content (AvgIpc) is 3.21. The van der Waals surface area contributed by atoms with E-state index in [9.17, 15) is 9.90 Å². The molecule has 2 aliphatic heterocycles. The van der Waals surface area contributed by atoms with E-state index in [1.54, 1.807) is 18.0 Å². The number of hydrogen-bond donors (Lipinski definition) is 2. The molecule has 3 heterocycles. The van der Waals surface area contributed by atoms with Gasteiger partial charge in [-0.1, -0.05) is 0 Å². The van der Waals surface area contributed by atoms with Crippen molar-refractivity contribution in [3.8, 4) is 0 Å². The standard InChI is InChI=1S/C15H22N2O3S/c18-14(15(19)5-9-21-11-15)16-10-12(13-4-3-8-20-13)17-6-1-2-7-17/h3-4,8,12,19H,1-2,5-7,9-11H2,(H,16,18). The maximum atomic E-state index is 12.2. The van der Waals surface area contributed by atoms with Crippen molar-refractivity contribution in [2.24, 2.45) is 0 Å². The third-order valence-corrected chi connectivity index (χ3v) is 5.51. The minimum absolute atomic E-state index is 0.0594. The van der Waals surface area contributed by atoms with Gasteiger partial charge in [-0.05, 0) is 50.2 Å². The van der Waals surface area contributed by atoms with Crippen LogP contribution in [0.4, 0.5) is 0 Å². The highest BCUT2D eigenvalue weighted by Crippen LogP contribution is 2.29. The summed E-state index contributed by atoms with van der Waals surface area (Å²) in [5, 5.41) is 13.2. The van der Waals surface area contributed by atoms with Gasteiger partial charge in [0.25, 0.3) is 5.91 Å². The molecule has 2 fully saturated rings. The van der Waals surface area contributed by atoms with Crippen LogP contribution in [0.2, 0.25) is 0 Å². The molecule has 1 aromatic rings. The molecular weight excluding hydrogens is 288 g/mol. The largest absolute Gasteiger partial charge is 0.468 e. The van der Waals surface area contributed by atoms with Crippen LogP contribution in [0.1, 0.15) is 31.1 Å². The second kappa shape index (κ2) is 6.42. The van der Waals surface area contributed by atoms with Crippen LogP contribution in [-0.2, 0) is 4.79 Å². The van der Waals surface area contributed by atoms with Gasteiger partial charge in [0.15, 0.2) is 5.60 Å². The highest BCUT2D eigenvalue weighted by molar-refractivity contribution is 7.99. The molecule has 2 atom stereocenters. The summed E-state index contributed by atoms with van der Waals surface area (Å²) in [6.07, 6.45) is 4.58. The van der Waals surface area contributed by atoms with Gasteiger partial charge in [0.1, 0.15) is 5.76 Å². The molecule has 0 aromatic carbocycles. The Kier molecular flexibility index (Phi) is 4.57. The Balaban J connectivity index is 1.63. The number of aliphatic hydroxyl groups is 1. The molecule has 0 radical (unpaired) electrons. The molecule has 116 valence electrons. The predicted molar refractivity (Wildman–Crippen MR) is 82.2 cm³/mol. The number of hydrogen-bond acceptors (Lipinski definition) is 5. The first kappa shape index (κ1) is 14.9. The molecule has 2 N–H and O–H groups in total. The predicted octanol–water partition coefficient (Wildman–Crippen LogP) is 1.40. The molecule has 0 aliphatic carbocycles. The molecule has 21 heavy (non-hydrogen) atoms. The van der Waals surface area contributed by atoms with Crippen molar-refractivity contribution in [3.05, 3.63) is 24.2 Å². The molecule has 2 aliphatic rings. The number of nitrogens with zero attached hydrogens (tertiary/aromatic N) is 1. The molecule has 2 saturated heterocycles. The quantitative estimate of drug-likeness (QED) is 0.860. The summed E-state index contributed by atoms with van der Waals surface area (Å²) in [4.78, 5) is 14.6. The van der Waals surface area contributed by atoms with E-state index < -0.39 is 5.60 Å². The van der Waals surface area contributed by atoms with Crippen molar-refractivity contribution < 1.29 is 14.3 Å². The summed E-state index contributed by atoms with van der Waals surface area (Å²) in [6, 6.07) is 3.89. The lowest BCUT2D eigenvalue weighted by Gasteiger charge is -2.28. The Morgan fingerprint density at radius 1 is 1.52 bits per heavy atom. The third kappa shape index (κ3) is 3.27. The van der Waals surface area contributed by atoms with E-state index in [4.69, 9.17) is 4.42 Å². The number of amides is 1. The average molecular weight is 310 g/mol. The SMILES string of the molecule is O=C(NCC(c1ccco1)N1CCCC1)C1(O)CCSC1. The lowest BCUT2D eigenvalue weighted by atomic mass is 10.0. The smallest absolute Gasteiger partial charge is 0.252 e. The molecule has 0 saturated carbocycles. The molecule has 1 aromatic heterocycles. The number of carbonyl (C=O) groups is 1. The van der Waals surface area contributed by atoms with Gasteiger partial charge >= 0.3 is 0 Å². The number of thioether (sulfide) groups is 1. The Morgan fingerprint density at radius 2 is 2.33 bits per heavy atom. The van der Waals surface area contributed by atoms with E-state index in [-0.39, 0.29) is 11.9 Å². The van der Waals surface area contributed by atoms with Gasteiger partial charge in [-0.15, -0.1) is 0 Å². The van der Waals surface area contributed by atoms with Crippen molar-refractivity contribution in [1.29, 1.82) is 0 Å².